The van der Waals surface area contributed by atoms with Crippen LogP contribution in [0.15, 0.2) is 24.3 Å². The molecule has 8 nitrogen and oxygen atoms in total. The first-order valence-electron chi connectivity index (χ1n) is 9.16. The van der Waals surface area contributed by atoms with Gasteiger partial charge in [-0.1, -0.05) is 0 Å². The van der Waals surface area contributed by atoms with E-state index in [1.54, 1.807) is 20.8 Å². The third-order valence-corrected chi connectivity index (χ3v) is 3.44. The van der Waals surface area contributed by atoms with E-state index in [-0.39, 0.29) is 18.8 Å². The van der Waals surface area contributed by atoms with Gasteiger partial charge in [0, 0.05) is 12.2 Å². The second-order valence-electron chi connectivity index (χ2n) is 7.35. The van der Waals surface area contributed by atoms with Crippen LogP contribution in [-0.2, 0) is 20.4 Å². The maximum Gasteiger partial charge on any atom is 0.416 e. The van der Waals surface area contributed by atoms with Crippen molar-refractivity contribution in [3.63, 3.8) is 0 Å². The Morgan fingerprint density at radius 3 is 2.17 bits per heavy atom. The highest BCUT2D eigenvalue weighted by atomic mass is 19.4. The van der Waals surface area contributed by atoms with E-state index in [0.29, 0.717) is 6.42 Å². The molecule has 3 N–H and O–H groups in total. The number of anilines is 1. The van der Waals surface area contributed by atoms with Gasteiger partial charge in [-0.25, -0.2) is 9.59 Å². The number of carbonyl (C=O) groups is 3. The van der Waals surface area contributed by atoms with Gasteiger partial charge in [-0.05, 0) is 58.4 Å². The lowest BCUT2D eigenvalue weighted by atomic mass is 10.2. The van der Waals surface area contributed by atoms with E-state index in [1.165, 1.54) is 6.92 Å². The largest absolute Gasteiger partial charge is 0.449 e. The number of hydrogen-bond acceptors (Lipinski definition) is 5. The summed E-state index contributed by atoms with van der Waals surface area (Å²) in [7, 11) is 0. The molecule has 0 saturated carbocycles. The molecule has 0 aliphatic heterocycles. The zero-order valence-corrected chi connectivity index (χ0v) is 17.2. The number of amides is 3. The monoisotopic (exact) mass is 433 g/mol. The summed E-state index contributed by atoms with van der Waals surface area (Å²) in [4.78, 5) is 35.1. The lowest BCUT2D eigenvalue weighted by molar-refractivity contribution is -0.137. The summed E-state index contributed by atoms with van der Waals surface area (Å²) in [5.74, 6) is -0.435. The molecule has 0 fully saturated rings. The minimum absolute atomic E-state index is 0.0272. The highest BCUT2D eigenvalue weighted by Crippen LogP contribution is 2.29. The first-order chi connectivity index (χ1) is 13.8. The van der Waals surface area contributed by atoms with Gasteiger partial charge < -0.3 is 20.1 Å². The molecular weight excluding hydrogens is 407 g/mol. The molecule has 3 amide bonds. The summed E-state index contributed by atoms with van der Waals surface area (Å²) in [6, 6.07) is 3.10. The zero-order valence-electron chi connectivity index (χ0n) is 17.2. The molecule has 0 bridgehead atoms. The van der Waals surface area contributed by atoms with Crippen molar-refractivity contribution < 1.29 is 37.0 Å². The van der Waals surface area contributed by atoms with Gasteiger partial charge in [-0.15, -0.1) is 0 Å². The van der Waals surface area contributed by atoms with E-state index < -0.39 is 41.5 Å². The fourth-order valence-corrected chi connectivity index (χ4v) is 2.05. The van der Waals surface area contributed by atoms with Crippen molar-refractivity contribution in [2.75, 3.05) is 18.5 Å². The Bertz CT molecular complexity index is 730. The summed E-state index contributed by atoms with van der Waals surface area (Å²) < 4.78 is 47.4. The van der Waals surface area contributed by atoms with Crippen LogP contribution in [0.2, 0.25) is 0 Å². The normalized spacial score (nSPS) is 12.5. The van der Waals surface area contributed by atoms with E-state index in [9.17, 15) is 27.6 Å². The van der Waals surface area contributed by atoms with Gasteiger partial charge in [0.1, 0.15) is 11.6 Å². The maximum absolute atomic E-state index is 12.5. The summed E-state index contributed by atoms with van der Waals surface area (Å²) in [6.07, 6.45) is -5.70. The summed E-state index contributed by atoms with van der Waals surface area (Å²) in [5.41, 5.74) is -1.35. The topological polar surface area (TPSA) is 106 Å². The summed E-state index contributed by atoms with van der Waals surface area (Å²) >= 11 is 0. The minimum atomic E-state index is -4.45. The number of nitrogens with one attached hydrogen (secondary N) is 3. The number of hydrogen-bond donors (Lipinski definition) is 3. The highest BCUT2D eigenvalue weighted by Gasteiger charge is 2.30. The Balaban J connectivity index is 2.24. The molecule has 168 valence electrons. The number of alkyl carbamates (subject to hydrolysis) is 1. The Kier molecular flexibility index (Phi) is 8.94. The molecule has 0 aliphatic rings. The van der Waals surface area contributed by atoms with Gasteiger partial charge in [0.05, 0.1) is 12.2 Å². The van der Waals surface area contributed by atoms with Gasteiger partial charge in [0.15, 0.2) is 0 Å². The summed E-state index contributed by atoms with van der Waals surface area (Å²) in [5, 5.41) is 7.27. The Morgan fingerprint density at radius 2 is 1.63 bits per heavy atom. The smallest absolute Gasteiger partial charge is 0.416 e. The minimum Gasteiger partial charge on any atom is -0.449 e. The molecule has 0 aliphatic carbocycles. The van der Waals surface area contributed by atoms with Crippen molar-refractivity contribution in [2.24, 2.45) is 0 Å². The predicted octanol–water partition coefficient (Wildman–Crippen LogP) is 3.67. The molecule has 1 aromatic carbocycles. The van der Waals surface area contributed by atoms with E-state index in [0.717, 1.165) is 24.3 Å². The number of halogens is 3. The summed E-state index contributed by atoms with van der Waals surface area (Å²) in [6.45, 7) is 6.75. The Labute approximate surface area is 172 Å². The number of ether oxygens (including phenoxy) is 2. The van der Waals surface area contributed by atoms with Crippen molar-refractivity contribution in [3.8, 4) is 0 Å². The van der Waals surface area contributed by atoms with Crippen LogP contribution < -0.4 is 16.0 Å². The fourth-order valence-electron chi connectivity index (χ4n) is 2.05. The van der Waals surface area contributed by atoms with E-state index in [1.807, 2.05) is 0 Å². The first kappa shape index (κ1) is 25.1. The van der Waals surface area contributed by atoms with Gasteiger partial charge in [0.2, 0.25) is 5.91 Å². The molecule has 1 rings (SSSR count). The molecule has 0 saturated heterocycles. The van der Waals surface area contributed by atoms with Crippen LogP contribution in [0.25, 0.3) is 0 Å². The van der Waals surface area contributed by atoms with Crippen LogP contribution in [-0.4, -0.2) is 42.9 Å². The van der Waals surface area contributed by atoms with Crippen LogP contribution in [0, 0.1) is 0 Å². The van der Waals surface area contributed by atoms with Gasteiger partial charge >= 0.3 is 18.4 Å². The molecule has 1 aromatic rings. The number of carbonyl (C=O) groups excluding carboxylic acids is 3. The van der Waals surface area contributed by atoms with E-state index in [4.69, 9.17) is 9.47 Å². The van der Waals surface area contributed by atoms with Gasteiger partial charge in [-0.2, -0.15) is 13.2 Å². The van der Waals surface area contributed by atoms with Crippen LogP contribution in [0.3, 0.4) is 0 Å². The van der Waals surface area contributed by atoms with E-state index >= 15 is 0 Å². The molecule has 0 unspecified atom stereocenters. The molecule has 0 heterocycles. The lowest BCUT2D eigenvalue weighted by Crippen LogP contribution is -2.46. The van der Waals surface area contributed by atoms with Crippen molar-refractivity contribution in [3.05, 3.63) is 29.8 Å². The molecular formula is C19H26F3N3O5. The Morgan fingerprint density at radius 1 is 1.03 bits per heavy atom. The SMILES string of the molecule is C[C@H](NC(=O)OC(C)(C)C)C(=O)NCCCOC(=O)Nc1ccc(C(F)(F)F)cc1. The quantitative estimate of drug-likeness (QED) is 0.569. The molecule has 11 heteroatoms. The maximum atomic E-state index is 12.5. The van der Waals surface area contributed by atoms with Crippen molar-refractivity contribution >= 4 is 23.8 Å². The Hall–Kier alpha value is -2.98. The highest BCUT2D eigenvalue weighted by molar-refractivity contribution is 5.85. The van der Waals surface area contributed by atoms with Crippen molar-refractivity contribution in [1.29, 1.82) is 0 Å². The van der Waals surface area contributed by atoms with Crippen LogP contribution >= 0.6 is 0 Å². The van der Waals surface area contributed by atoms with Gasteiger partial charge in [0.25, 0.3) is 0 Å². The average Bonchev–Trinajstić information content (AvgIpc) is 2.59. The molecule has 1 atom stereocenters. The van der Waals surface area contributed by atoms with Crippen LogP contribution in [0.4, 0.5) is 28.4 Å². The second-order valence-corrected chi connectivity index (χ2v) is 7.35. The standard InChI is InChI=1S/C19H26F3N3O5/c1-12(24-17(28)30-18(2,3)4)15(26)23-10-5-11-29-16(27)25-14-8-6-13(7-9-14)19(20,21)22/h6-9,12H,5,10-11H2,1-4H3,(H,23,26)(H,24,28)(H,25,27)/t12-/m0/s1. The van der Waals surface area contributed by atoms with Crippen molar-refractivity contribution in [1.82, 2.24) is 10.6 Å². The first-order valence-corrected chi connectivity index (χ1v) is 9.16. The number of rotatable bonds is 7. The molecule has 0 aromatic heterocycles. The van der Waals surface area contributed by atoms with Crippen LogP contribution in [0.1, 0.15) is 39.7 Å². The fraction of sp³-hybridized carbons (Fsp3) is 0.526. The van der Waals surface area contributed by atoms with Gasteiger partial charge in [-0.3, -0.25) is 10.1 Å². The number of alkyl halides is 3. The number of benzene rings is 1. The van der Waals surface area contributed by atoms with E-state index in [2.05, 4.69) is 16.0 Å². The molecule has 30 heavy (non-hydrogen) atoms. The zero-order chi connectivity index (χ0) is 22.9. The van der Waals surface area contributed by atoms with Crippen LogP contribution in [0.5, 0.6) is 0 Å². The molecule has 0 spiro atoms. The van der Waals surface area contributed by atoms with Crippen molar-refractivity contribution in [2.45, 2.75) is 51.9 Å². The third-order valence-electron chi connectivity index (χ3n) is 3.44. The lowest BCUT2D eigenvalue weighted by Gasteiger charge is -2.21. The second kappa shape index (κ2) is 10.7. The predicted molar refractivity (Wildman–Crippen MR) is 103 cm³/mol. The average molecular weight is 433 g/mol. The third kappa shape index (κ3) is 9.99. The molecule has 0 radical (unpaired) electrons.